The molecule has 0 rings (SSSR count). The van der Waals surface area contributed by atoms with E-state index in [-0.39, 0.29) is 21.7 Å². The van der Waals surface area contributed by atoms with Crippen molar-refractivity contribution in [2.45, 2.75) is 6.92 Å². The van der Waals surface area contributed by atoms with Gasteiger partial charge in [0.15, 0.2) is 0 Å². The number of hydrogen-bond acceptors (Lipinski definition) is 3. The standard InChI is InChI=1S/C2H5.3CH4O.Ti/c4*1-2;/h1H2,2H3;3*2H,1H3;/q-1;;;;. The van der Waals surface area contributed by atoms with Gasteiger partial charge in [-0.05, 0) is 0 Å². The Labute approximate surface area is 72.6 Å². The van der Waals surface area contributed by atoms with Gasteiger partial charge in [-0.1, -0.05) is 0 Å². The fraction of sp³-hybridized carbons (Fsp3) is 0.800. The molecule has 0 aliphatic carbocycles. The van der Waals surface area contributed by atoms with E-state index in [2.05, 4.69) is 6.92 Å². The summed E-state index contributed by atoms with van der Waals surface area (Å²) in [6.07, 6.45) is 0. The van der Waals surface area contributed by atoms with E-state index in [9.17, 15) is 0 Å². The van der Waals surface area contributed by atoms with E-state index in [1.807, 2.05) is 0 Å². The van der Waals surface area contributed by atoms with Crippen LogP contribution in [0.4, 0.5) is 0 Å². The molecule has 0 aliphatic heterocycles. The van der Waals surface area contributed by atoms with Gasteiger partial charge in [0.25, 0.3) is 0 Å². The van der Waals surface area contributed by atoms with Crippen LogP contribution in [0.15, 0.2) is 0 Å². The van der Waals surface area contributed by atoms with Crippen LogP contribution in [0.1, 0.15) is 6.92 Å². The number of hydrogen-bond donors (Lipinski definition) is 3. The summed E-state index contributed by atoms with van der Waals surface area (Å²) in [7, 11) is 3.00. The normalized spacial score (nSPS) is 2.67. The summed E-state index contributed by atoms with van der Waals surface area (Å²) in [4.78, 5) is 0. The van der Waals surface area contributed by atoms with Gasteiger partial charge in [0.1, 0.15) is 0 Å². The molecule has 0 saturated heterocycles. The van der Waals surface area contributed by atoms with Crippen molar-refractivity contribution in [1.29, 1.82) is 0 Å². The Kier molecular flexibility index (Phi) is 5240. The maximum atomic E-state index is 7.00. The Balaban J connectivity index is -0.00000000762. The van der Waals surface area contributed by atoms with Crippen LogP contribution in [0, 0.1) is 6.92 Å². The molecule has 0 aromatic heterocycles. The molecule has 3 nitrogen and oxygen atoms in total. The molecule has 0 aromatic carbocycles. The molecule has 0 aliphatic rings. The summed E-state index contributed by atoms with van der Waals surface area (Å²) >= 11 is 0. The summed E-state index contributed by atoms with van der Waals surface area (Å²) in [5.74, 6) is 0. The first-order valence-electron chi connectivity index (χ1n) is 2.05. The second-order valence-corrected chi connectivity index (χ2v) is 0. The van der Waals surface area contributed by atoms with E-state index < -0.39 is 0 Å². The summed E-state index contributed by atoms with van der Waals surface area (Å²) in [5, 5.41) is 21.0. The van der Waals surface area contributed by atoms with Crippen molar-refractivity contribution in [3.8, 4) is 0 Å². The fourth-order valence-corrected chi connectivity index (χ4v) is 0. The van der Waals surface area contributed by atoms with Gasteiger partial charge in [0.05, 0.1) is 0 Å². The fourth-order valence-electron chi connectivity index (χ4n) is 0. The summed E-state index contributed by atoms with van der Waals surface area (Å²) in [6, 6.07) is 0. The third-order valence-corrected chi connectivity index (χ3v) is 0. The first-order chi connectivity index (χ1) is 4.00. The summed E-state index contributed by atoms with van der Waals surface area (Å²) in [6.45, 7) is 5.00. The smallest absolute Gasteiger partial charge is 0.0319 e. The largest absolute Gasteiger partial charge is 0.400 e. The third kappa shape index (κ3) is 1060. The van der Waals surface area contributed by atoms with Crippen LogP contribution >= 0.6 is 0 Å². The Hall–Kier alpha value is 0.594. The van der Waals surface area contributed by atoms with Crippen LogP contribution < -0.4 is 0 Å². The SMILES string of the molecule is CO.CO.CO.[CH2-]C.[Ti]. The molecule has 60 valence electrons. The van der Waals surface area contributed by atoms with Gasteiger partial charge < -0.3 is 22.2 Å². The van der Waals surface area contributed by atoms with Gasteiger partial charge >= 0.3 is 0 Å². The van der Waals surface area contributed by atoms with E-state index in [1.54, 1.807) is 6.92 Å². The Bertz CT molecular complexity index is 12.2. The molecule has 3 N–H and O–H groups in total. The van der Waals surface area contributed by atoms with Crippen molar-refractivity contribution in [3.63, 3.8) is 0 Å². The molecule has 0 heterocycles. The van der Waals surface area contributed by atoms with E-state index >= 15 is 0 Å². The first kappa shape index (κ1) is 33.6. The van der Waals surface area contributed by atoms with Crippen molar-refractivity contribution in [2.75, 3.05) is 21.3 Å². The van der Waals surface area contributed by atoms with Crippen LogP contribution in [0.3, 0.4) is 0 Å². The second-order valence-electron chi connectivity index (χ2n) is 0. The molecule has 0 radical (unpaired) electrons. The minimum absolute atomic E-state index is 0. The molecule has 0 aromatic rings. The van der Waals surface area contributed by atoms with E-state index in [4.69, 9.17) is 15.3 Å². The van der Waals surface area contributed by atoms with Crippen LogP contribution in [-0.2, 0) is 21.7 Å². The van der Waals surface area contributed by atoms with Gasteiger partial charge in [0.2, 0.25) is 0 Å². The predicted octanol–water partition coefficient (Wildman–Crippen LogP) is -0.337. The molecule has 9 heavy (non-hydrogen) atoms. The molecule has 0 atom stereocenters. The number of rotatable bonds is 0. The maximum absolute atomic E-state index is 7.00. The van der Waals surface area contributed by atoms with Crippen LogP contribution in [-0.4, -0.2) is 36.6 Å². The van der Waals surface area contributed by atoms with Crippen molar-refractivity contribution < 1.29 is 37.0 Å². The van der Waals surface area contributed by atoms with Crippen LogP contribution in [0.5, 0.6) is 0 Å². The van der Waals surface area contributed by atoms with E-state index in [0.717, 1.165) is 21.3 Å². The maximum Gasteiger partial charge on any atom is 0.0319 e. The van der Waals surface area contributed by atoms with E-state index in [0.29, 0.717) is 0 Å². The van der Waals surface area contributed by atoms with Gasteiger partial charge in [-0.2, -0.15) is 6.92 Å². The van der Waals surface area contributed by atoms with E-state index in [1.165, 1.54) is 0 Å². The quantitative estimate of drug-likeness (QED) is 0.347. The average Bonchev–Trinajstić information content (AvgIpc) is 2.03. The van der Waals surface area contributed by atoms with Gasteiger partial charge in [-0.3, -0.25) is 0 Å². The Morgan fingerprint density at radius 2 is 0.667 bits per heavy atom. The summed E-state index contributed by atoms with van der Waals surface area (Å²) in [5.41, 5.74) is 0. The predicted molar refractivity (Wildman–Crippen MR) is 35.5 cm³/mol. The molecule has 0 amide bonds. The van der Waals surface area contributed by atoms with Gasteiger partial charge in [-0.15, -0.1) is 0 Å². The van der Waals surface area contributed by atoms with Crippen molar-refractivity contribution >= 4 is 0 Å². The third-order valence-electron chi connectivity index (χ3n) is 0. The monoisotopic (exact) mass is 173 g/mol. The van der Waals surface area contributed by atoms with Gasteiger partial charge in [0, 0.05) is 43.0 Å². The molecule has 0 bridgehead atoms. The zero-order chi connectivity index (χ0) is 8.00. The number of aliphatic hydroxyl groups is 3. The van der Waals surface area contributed by atoms with Crippen LogP contribution in [0.25, 0.3) is 0 Å². The van der Waals surface area contributed by atoms with Gasteiger partial charge in [-0.25, -0.2) is 0 Å². The topological polar surface area (TPSA) is 60.7 Å². The zero-order valence-electron chi connectivity index (χ0n) is 6.55. The Morgan fingerprint density at radius 1 is 0.667 bits per heavy atom. The molecule has 0 fully saturated rings. The molecule has 0 unspecified atom stereocenters. The van der Waals surface area contributed by atoms with Crippen LogP contribution in [0.2, 0.25) is 0 Å². The number of aliphatic hydroxyl groups excluding tert-OH is 3. The minimum atomic E-state index is 0. The molecular weight excluding hydrogens is 156 g/mol. The first-order valence-corrected chi connectivity index (χ1v) is 2.05. The molecule has 0 saturated carbocycles. The zero-order valence-corrected chi connectivity index (χ0v) is 8.11. The average molecular weight is 173 g/mol. The molecule has 0 spiro atoms. The molecular formula is C5H17O3Ti-. The summed E-state index contributed by atoms with van der Waals surface area (Å²) < 4.78 is 0. The Morgan fingerprint density at radius 3 is 0.667 bits per heavy atom. The molecule has 4 heteroatoms. The van der Waals surface area contributed by atoms with Crippen molar-refractivity contribution in [3.05, 3.63) is 6.92 Å². The minimum Gasteiger partial charge on any atom is -0.400 e. The van der Waals surface area contributed by atoms with Crippen molar-refractivity contribution in [2.24, 2.45) is 0 Å². The second kappa shape index (κ2) is 1400. The van der Waals surface area contributed by atoms with Crippen molar-refractivity contribution in [1.82, 2.24) is 0 Å².